The predicted octanol–water partition coefficient (Wildman–Crippen LogP) is 4.32. The number of benzene rings is 2. The molecule has 0 aliphatic heterocycles. The molecule has 1 N–H and O–H groups in total. The van der Waals surface area contributed by atoms with Crippen LogP contribution >= 0.6 is 0 Å². The van der Waals surface area contributed by atoms with E-state index in [1.807, 2.05) is 0 Å². The smallest absolute Gasteiger partial charge is 0.445 e. The number of amides is 1. The second kappa shape index (κ2) is 6.22. The van der Waals surface area contributed by atoms with Crippen molar-refractivity contribution < 1.29 is 30.9 Å². The number of nitrogens with one attached hydrogen (secondary N) is 1. The van der Waals surface area contributed by atoms with Crippen LogP contribution in [-0.4, -0.2) is 12.9 Å². The van der Waals surface area contributed by atoms with Crippen LogP contribution in [0.2, 0.25) is 0 Å². The summed E-state index contributed by atoms with van der Waals surface area (Å²) in [5.41, 5.74) is -2.35. The van der Waals surface area contributed by atoms with Gasteiger partial charge in [0.05, 0.1) is 5.56 Å². The fourth-order valence-electron chi connectivity index (χ4n) is 2.11. The van der Waals surface area contributed by atoms with E-state index in [2.05, 4.69) is 5.32 Å². The van der Waals surface area contributed by atoms with Gasteiger partial charge in [-0.05, 0) is 31.2 Å². The Labute approximate surface area is 133 Å². The molecule has 2 aromatic rings. The molecule has 2 nitrogen and oxygen atoms in total. The second-order valence-corrected chi connectivity index (χ2v) is 5.18. The number of rotatable bonds is 3. The molecule has 0 saturated carbocycles. The molecule has 0 aliphatic rings. The molecule has 2 rings (SSSR count). The van der Waals surface area contributed by atoms with Gasteiger partial charge in [0.25, 0.3) is 5.91 Å². The zero-order valence-corrected chi connectivity index (χ0v) is 12.3. The van der Waals surface area contributed by atoms with Crippen molar-refractivity contribution in [3.63, 3.8) is 0 Å². The lowest BCUT2D eigenvalue weighted by Crippen LogP contribution is -2.36. The molecular weight excluding hydrogens is 335 g/mol. The molecule has 2 aromatic carbocycles. The van der Waals surface area contributed by atoms with E-state index in [0.717, 1.165) is 18.2 Å². The van der Waals surface area contributed by atoms with Crippen molar-refractivity contribution in [1.82, 2.24) is 0 Å². The Kier molecular flexibility index (Phi) is 4.64. The van der Waals surface area contributed by atoms with Gasteiger partial charge in [-0.25, -0.2) is 0 Å². The van der Waals surface area contributed by atoms with Crippen molar-refractivity contribution in [2.75, 3.05) is 5.32 Å². The van der Waals surface area contributed by atoms with E-state index in [-0.39, 0.29) is 16.8 Å². The molecule has 0 unspecified atom stereocenters. The number of hydrogen-bond donors (Lipinski definition) is 1. The number of aryl methyl sites for hydroxylation is 1. The Bertz CT molecular complexity index is 769. The first-order valence-electron chi connectivity index (χ1n) is 6.77. The second-order valence-electron chi connectivity index (χ2n) is 5.18. The van der Waals surface area contributed by atoms with Gasteiger partial charge < -0.3 is 18.3 Å². The Hall–Kier alpha value is -2.45. The largest absolute Gasteiger partial charge is 0.509 e. The van der Waals surface area contributed by atoms with Crippen molar-refractivity contribution in [1.29, 1.82) is 0 Å². The number of carbonyl (C=O) groups is 1. The predicted molar refractivity (Wildman–Crippen MR) is 79.3 cm³/mol. The van der Waals surface area contributed by atoms with Crippen LogP contribution in [-0.2, 0) is 6.18 Å². The third-order valence-electron chi connectivity index (χ3n) is 3.34. The summed E-state index contributed by atoms with van der Waals surface area (Å²) < 4.78 is 76.6. The average Bonchev–Trinajstić information content (AvgIpc) is 2.45. The maximum absolute atomic E-state index is 12.9. The summed E-state index contributed by atoms with van der Waals surface area (Å²) in [4.78, 5) is 12.0. The van der Waals surface area contributed by atoms with E-state index >= 15 is 0 Å². The molecule has 9 heteroatoms. The van der Waals surface area contributed by atoms with E-state index < -0.39 is 30.1 Å². The summed E-state index contributed by atoms with van der Waals surface area (Å²) in [5.74, 6) is -0.921. The molecular formula is C15H11BF6NO-. The minimum atomic E-state index is -5.30. The Morgan fingerprint density at radius 2 is 1.71 bits per heavy atom. The molecule has 24 heavy (non-hydrogen) atoms. The van der Waals surface area contributed by atoms with E-state index in [1.54, 1.807) is 0 Å². The minimum absolute atomic E-state index is 0.0295. The number of alkyl halides is 3. The molecule has 0 bridgehead atoms. The SMILES string of the molecule is Cc1ccc(C(=O)Nc2cccc(C(F)(F)F)c2)cc1[B-](F)(F)F. The lowest BCUT2D eigenvalue weighted by atomic mass is 9.76. The highest BCUT2D eigenvalue weighted by atomic mass is 19.4. The lowest BCUT2D eigenvalue weighted by Gasteiger charge is -2.19. The molecule has 0 radical (unpaired) electrons. The summed E-state index contributed by atoms with van der Waals surface area (Å²) >= 11 is 0. The van der Waals surface area contributed by atoms with E-state index in [9.17, 15) is 30.9 Å². The first-order valence-corrected chi connectivity index (χ1v) is 6.77. The Morgan fingerprint density at radius 1 is 1.04 bits per heavy atom. The van der Waals surface area contributed by atoms with Gasteiger partial charge in [0.1, 0.15) is 0 Å². The molecule has 1 amide bonds. The fraction of sp³-hybridized carbons (Fsp3) is 0.133. The summed E-state index contributed by atoms with van der Waals surface area (Å²) in [5, 5.41) is 2.17. The van der Waals surface area contributed by atoms with Crippen LogP contribution < -0.4 is 10.8 Å². The van der Waals surface area contributed by atoms with E-state index in [1.165, 1.54) is 19.1 Å². The van der Waals surface area contributed by atoms with Crippen molar-refractivity contribution in [3.8, 4) is 0 Å². The van der Waals surface area contributed by atoms with Crippen LogP contribution in [0.15, 0.2) is 42.5 Å². The van der Waals surface area contributed by atoms with Gasteiger partial charge in [0.15, 0.2) is 0 Å². The Balaban J connectivity index is 2.28. The zero-order valence-electron chi connectivity index (χ0n) is 12.3. The normalized spacial score (nSPS) is 12.1. The molecule has 0 heterocycles. The van der Waals surface area contributed by atoms with Gasteiger partial charge in [-0.15, -0.1) is 5.46 Å². The van der Waals surface area contributed by atoms with Gasteiger partial charge in [-0.1, -0.05) is 23.8 Å². The number of anilines is 1. The molecule has 0 saturated heterocycles. The van der Waals surface area contributed by atoms with Gasteiger partial charge in [0, 0.05) is 11.3 Å². The maximum atomic E-state index is 12.9. The maximum Gasteiger partial charge on any atom is 0.509 e. The molecule has 0 atom stereocenters. The molecule has 0 aromatic heterocycles. The summed E-state index contributed by atoms with van der Waals surface area (Å²) in [7, 11) is 0. The minimum Gasteiger partial charge on any atom is -0.445 e. The van der Waals surface area contributed by atoms with E-state index in [0.29, 0.717) is 12.1 Å². The monoisotopic (exact) mass is 346 g/mol. The van der Waals surface area contributed by atoms with Gasteiger partial charge >= 0.3 is 13.2 Å². The fourth-order valence-corrected chi connectivity index (χ4v) is 2.11. The van der Waals surface area contributed by atoms with Crippen molar-refractivity contribution in [2.45, 2.75) is 13.1 Å². The highest BCUT2D eigenvalue weighted by molar-refractivity contribution is 6.74. The first-order chi connectivity index (χ1) is 11.0. The van der Waals surface area contributed by atoms with Crippen molar-refractivity contribution in [2.24, 2.45) is 0 Å². The molecule has 0 aliphatic carbocycles. The highest BCUT2D eigenvalue weighted by Crippen LogP contribution is 2.30. The van der Waals surface area contributed by atoms with Crippen LogP contribution in [0.4, 0.5) is 31.8 Å². The topological polar surface area (TPSA) is 29.1 Å². The van der Waals surface area contributed by atoms with Crippen molar-refractivity contribution in [3.05, 3.63) is 59.2 Å². The third-order valence-corrected chi connectivity index (χ3v) is 3.34. The molecule has 0 fully saturated rings. The van der Waals surface area contributed by atoms with E-state index in [4.69, 9.17) is 0 Å². The first kappa shape index (κ1) is 17.9. The van der Waals surface area contributed by atoms with Gasteiger partial charge in [0.2, 0.25) is 0 Å². The van der Waals surface area contributed by atoms with Crippen LogP contribution in [0.1, 0.15) is 21.5 Å². The average molecular weight is 346 g/mol. The third kappa shape index (κ3) is 4.09. The van der Waals surface area contributed by atoms with Crippen molar-refractivity contribution >= 4 is 24.0 Å². The molecule has 0 spiro atoms. The number of halogens is 6. The van der Waals surface area contributed by atoms with Gasteiger partial charge in [-0.2, -0.15) is 13.2 Å². The Morgan fingerprint density at radius 3 is 2.29 bits per heavy atom. The summed E-state index contributed by atoms with van der Waals surface area (Å²) in [6.45, 7) is -4.03. The number of hydrogen-bond acceptors (Lipinski definition) is 1. The molecule has 128 valence electrons. The lowest BCUT2D eigenvalue weighted by molar-refractivity contribution is -0.137. The number of carbonyl (C=O) groups excluding carboxylic acids is 1. The summed E-state index contributed by atoms with van der Waals surface area (Å²) in [6, 6.07) is 6.87. The van der Waals surface area contributed by atoms with Crippen LogP contribution in [0.5, 0.6) is 0 Å². The van der Waals surface area contributed by atoms with Gasteiger partial charge in [-0.3, -0.25) is 4.79 Å². The van der Waals surface area contributed by atoms with Crippen LogP contribution in [0.3, 0.4) is 0 Å². The quantitative estimate of drug-likeness (QED) is 0.651. The highest BCUT2D eigenvalue weighted by Gasteiger charge is 2.31. The van der Waals surface area contributed by atoms with Crippen LogP contribution in [0.25, 0.3) is 0 Å². The standard InChI is InChI=1S/C15H11BF6NO/c1-9-5-6-10(7-13(9)16(20,21)22)14(24)23-12-4-2-3-11(8-12)15(17,18)19/h2-8H,1H3,(H,23,24)/q-1. The van der Waals surface area contributed by atoms with Crippen LogP contribution in [0, 0.1) is 6.92 Å². The zero-order chi connectivity index (χ0) is 18.1. The summed E-state index contributed by atoms with van der Waals surface area (Å²) in [6.07, 6.45) is -4.59.